The van der Waals surface area contributed by atoms with Crippen LogP contribution in [0.5, 0.6) is 0 Å². The van der Waals surface area contributed by atoms with Crippen molar-refractivity contribution < 1.29 is 13.2 Å². The van der Waals surface area contributed by atoms with E-state index < -0.39 is 10.2 Å². The normalized spacial score (nSPS) is 18.9. The second-order valence-corrected chi connectivity index (χ2v) is 8.41. The van der Waals surface area contributed by atoms with Crippen molar-refractivity contribution >= 4 is 10.2 Å². The molecule has 26 heavy (non-hydrogen) atoms. The minimum Gasteiger partial charge on any atom is -0.384 e. The molecule has 1 unspecified atom stereocenters. The molecule has 8 heteroatoms. The fourth-order valence-electron chi connectivity index (χ4n) is 3.31. The van der Waals surface area contributed by atoms with Crippen LogP contribution in [0.2, 0.25) is 0 Å². The van der Waals surface area contributed by atoms with E-state index in [0.717, 1.165) is 29.9 Å². The Morgan fingerprint density at radius 2 is 2.08 bits per heavy atom. The maximum absolute atomic E-state index is 12.6. The average molecular weight is 378 g/mol. The first-order valence-electron chi connectivity index (χ1n) is 8.82. The van der Waals surface area contributed by atoms with E-state index in [2.05, 4.69) is 9.71 Å². The molecule has 1 aliphatic heterocycles. The molecule has 1 aliphatic rings. The lowest BCUT2D eigenvalue weighted by molar-refractivity contribution is 0.118. The highest BCUT2D eigenvalue weighted by Gasteiger charge is 2.28. The van der Waals surface area contributed by atoms with Gasteiger partial charge in [-0.25, -0.2) is 4.98 Å². The number of ether oxygens (including phenoxy) is 1. The molecule has 3 rings (SSSR count). The van der Waals surface area contributed by atoms with E-state index in [1.807, 2.05) is 42.0 Å². The van der Waals surface area contributed by atoms with Gasteiger partial charge in [0.15, 0.2) is 0 Å². The molecule has 0 spiro atoms. The van der Waals surface area contributed by atoms with Crippen molar-refractivity contribution in [2.24, 2.45) is 5.92 Å². The van der Waals surface area contributed by atoms with Gasteiger partial charge in [0.2, 0.25) is 0 Å². The van der Waals surface area contributed by atoms with Crippen LogP contribution in [0.4, 0.5) is 0 Å². The molecule has 1 aromatic heterocycles. The number of hydrogen-bond donors (Lipinski definition) is 1. The number of hydrogen-bond acceptors (Lipinski definition) is 4. The molecule has 0 radical (unpaired) electrons. The number of methoxy groups -OCH3 is 1. The maximum atomic E-state index is 12.6. The molecular formula is C18H26N4O3S. The molecule has 1 saturated heterocycles. The summed E-state index contributed by atoms with van der Waals surface area (Å²) in [7, 11) is -1.83. The molecule has 7 nitrogen and oxygen atoms in total. The van der Waals surface area contributed by atoms with Gasteiger partial charge >= 0.3 is 0 Å². The molecule has 0 amide bonds. The summed E-state index contributed by atoms with van der Waals surface area (Å²) in [5.41, 5.74) is 1.92. The van der Waals surface area contributed by atoms with E-state index in [0.29, 0.717) is 19.7 Å². The van der Waals surface area contributed by atoms with Crippen LogP contribution < -0.4 is 4.72 Å². The van der Waals surface area contributed by atoms with Crippen LogP contribution in [0.25, 0.3) is 5.69 Å². The fraction of sp³-hybridized carbons (Fsp3) is 0.500. The molecule has 0 saturated carbocycles. The predicted molar refractivity (Wildman–Crippen MR) is 100 cm³/mol. The van der Waals surface area contributed by atoms with Gasteiger partial charge in [-0.1, -0.05) is 12.1 Å². The van der Waals surface area contributed by atoms with E-state index in [4.69, 9.17) is 4.74 Å². The lowest BCUT2D eigenvalue weighted by Crippen LogP contribution is -2.46. The van der Waals surface area contributed by atoms with Gasteiger partial charge in [0.05, 0.1) is 6.61 Å². The second kappa shape index (κ2) is 8.30. The molecule has 2 aromatic rings. The smallest absolute Gasteiger partial charge is 0.279 e. The number of nitrogens with zero attached hydrogens (tertiary/aromatic N) is 3. The molecule has 1 aromatic carbocycles. The Labute approximate surface area is 155 Å². The highest BCUT2D eigenvalue weighted by atomic mass is 32.2. The largest absolute Gasteiger partial charge is 0.384 e. The third kappa shape index (κ3) is 4.50. The highest BCUT2D eigenvalue weighted by Crippen LogP contribution is 2.19. The summed E-state index contributed by atoms with van der Waals surface area (Å²) in [6, 6.07) is 7.80. The van der Waals surface area contributed by atoms with Gasteiger partial charge < -0.3 is 9.30 Å². The first-order chi connectivity index (χ1) is 12.5. The average Bonchev–Trinajstić information content (AvgIpc) is 3.07. The summed E-state index contributed by atoms with van der Waals surface area (Å²) in [4.78, 5) is 4.21. The molecule has 1 N–H and O–H groups in total. The molecule has 142 valence electrons. The zero-order chi connectivity index (χ0) is 18.6. The van der Waals surface area contributed by atoms with E-state index in [1.165, 1.54) is 4.31 Å². The Hall–Kier alpha value is -1.74. The van der Waals surface area contributed by atoms with Crippen LogP contribution in [0.1, 0.15) is 24.2 Å². The summed E-state index contributed by atoms with van der Waals surface area (Å²) in [6.45, 7) is 3.89. The van der Waals surface area contributed by atoms with Crippen molar-refractivity contribution in [3.05, 3.63) is 48.0 Å². The quantitative estimate of drug-likeness (QED) is 0.798. The van der Waals surface area contributed by atoms with Gasteiger partial charge in [-0.15, -0.1) is 0 Å². The lowest BCUT2D eigenvalue weighted by Gasteiger charge is -2.31. The van der Waals surface area contributed by atoms with Gasteiger partial charge in [0.1, 0.15) is 5.82 Å². The van der Waals surface area contributed by atoms with E-state index in [9.17, 15) is 8.42 Å². The summed E-state index contributed by atoms with van der Waals surface area (Å²) in [5.74, 6) is 1.18. The Kier molecular flexibility index (Phi) is 6.08. The Bertz CT molecular complexity index is 815. The third-order valence-electron chi connectivity index (χ3n) is 4.72. The zero-order valence-corrected chi connectivity index (χ0v) is 16.1. The second-order valence-electron chi connectivity index (χ2n) is 6.66. The minimum absolute atomic E-state index is 0.267. The van der Waals surface area contributed by atoms with Crippen LogP contribution in [0.15, 0.2) is 36.7 Å². The maximum Gasteiger partial charge on any atom is 0.279 e. The summed E-state index contributed by atoms with van der Waals surface area (Å²) in [6.07, 6.45) is 5.54. The van der Waals surface area contributed by atoms with Crippen molar-refractivity contribution in [3.8, 4) is 5.69 Å². The van der Waals surface area contributed by atoms with Crippen LogP contribution in [-0.2, 0) is 21.5 Å². The van der Waals surface area contributed by atoms with Gasteiger partial charge in [-0.3, -0.25) is 0 Å². The number of nitrogens with one attached hydrogen (secondary N) is 1. The first-order valence-corrected chi connectivity index (χ1v) is 10.3. The number of piperidine rings is 1. The van der Waals surface area contributed by atoms with E-state index in [-0.39, 0.29) is 12.5 Å². The van der Waals surface area contributed by atoms with Gasteiger partial charge in [0.25, 0.3) is 10.2 Å². The molecule has 2 heterocycles. The van der Waals surface area contributed by atoms with Gasteiger partial charge in [-0.05, 0) is 43.4 Å². The SMILES string of the molecule is COCC1CCCN(S(=O)(=O)NCc2ccc(-n3ccnc3C)cc2)C1. The predicted octanol–water partition coefficient (Wildman–Crippen LogP) is 1.87. The van der Waals surface area contributed by atoms with Crippen molar-refractivity contribution in [1.82, 2.24) is 18.6 Å². The summed E-state index contributed by atoms with van der Waals surface area (Å²) < 4.78 is 36.5. The van der Waals surface area contributed by atoms with E-state index >= 15 is 0 Å². The van der Waals surface area contributed by atoms with Gasteiger partial charge in [-0.2, -0.15) is 17.4 Å². The molecule has 1 atom stereocenters. The van der Waals surface area contributed by atoms with Crippen molar-refractivity contribution in [2.45, 2.75) is 26.3 Å². The Morgan fingerprint density at radius 3 is 2.73 bits per heavy atom. The topological polar surface area (TPSA) is 76.5 Å². The minimum atomic E-state index is -3.48. The van der Waals surface area contributed by atoms with Crippen molar-refractivity contribution in [2.75, 3.05) is 26.8 Å². The Balaban J connectivity index is 1.60. The standard InChI is InChI=1S/C18H26N4O3S/c1-15-19-9-11-22(15)18-7-5-16(6-8-18)12-20-26(23,24)21-10-3-4-17(13-21)14-25-2/h5-9,11,17,20H,3-4,10,12-14H2,1-2H3. The van der Waals surface area contributed by atoms with Crippen LogP contribution in [0, 0.1) is 12.8 Å². The molecule has 0 bridgehead atoms. The third-order valence-corrected chi connectivity index (χ3v) is 6.24. The number of benzene rings is 1. The highest BCUT2D eigenvalue weighted by molar-refractivity contribution is 7.87. The molecular weight excluding hydrogens is 352 g/mol. The number of aromatic nitrogens is 2. The van der Waals surface area contributed by atoms with Crippen LogP contribution in [-0.4, -0.2) is 49.1 Å². The monoisotopic (exact) mass is 378 g/mol. The lowest BCUT2D eigenvalue weighted by atomic mass is 10.0. The Morgan fingerprint density at radius 1 is 1.31 bits per heavy atom. The summed E-state index contributed by atoms with van der Waals surface area (Å²) in [5, 5.41) is 0. The zero-order valence-electron chi connectivity index (χ0n) is 15.3. The fourth-order valence-corrected chi connectivity index (χ4v) is 4.62. The number of rotatable bonds is 7. The first kappa shape index (κ1) is 19.0. The number of aryl methyl sites for hydroxylation is 1. The van der Waals surface area contributed by atoms with Crippen molar-refractivity contribution in [3.63, 3.8) is 0 Å². The molecule has 1 fully saturated rings. The summed E-state index contributed by atoms with van der Waals surface area (Å²) >= 11 is 0. The van der Waals surface area contributed by atoms with Crippen LogP contribution >= 0.6 is 0 Å². The number of imidazole rings is 1. The van der Waals surface area contributed by atoms with E-state index in [1.54, 1.807) is 13.3 Å². The van der Waals surface area contributed by atoms with Crippen LogP contribution in [0.3, 0.4) is 0 Å². The molecule has 0 aliphatic carbocycles. The van der Waals surface area contributed by atoms with Gasteiger partial charge in [0, 0.05) is 44.8 Å². The van der Waals surface area contributed by atoms with Crippen molar-refractivity contribution in [1.29, 1.82) is 0 Å².